The highest BCUT2D eigenvalue weighted by atomic mass is 32.2. The molecule has 2 aromatic carbocycles. The van der Waals surface area contributed by atoms with Gasteiger partial charge in [0, 0.05) is 6.42 Å². The first-order chi connectivity index (χ1) is 13.8. The number of hydrogen-bond acceptors (Lipinski definition) is 5. The van der Waals surface area contributed by atoms with E-state index in [9.17, 15) is 18.3 Å². The SMILES string of the molecule is Cc1ccc(S(=O)(=O)N(C(=S)C2CCCN2)[C@@H](Cc2ccccc2)C(=O)O)cc1. The molecule has 1 aliphatic heterocycles. The van der Waals surface area contributed by atoms with Crippen LogP contribution < -0.4 is 5.32 Å². The van der Waals surface area contributed by atoms with Gasteiger partial charge in [-0.3, -0.25) is 0 Å². The van der Waals surface area contributed by atoms with E-state index in [1.807, 2.05) is 13.0 Å². The first-order valence-electron chi connectivity index (χ1n) is 9.46. The second kappa shape index (κ2) is 9.02. The zero-order valence-electron chi connectivity index (χ0n) is 16.1. The van der Waals surface area contributed by atoms with E-state index in [1.165, 1.54) is 12.1 Å². The molecule has 1 aliphatic rings. The summed E-state index contributed by atoms with van der Waals surface area (Å²) in [6, 6.07) is 13.7. The van der Waals surface area contributed by atoms with Crippen LogP contribution in [-0.2, 0) is 21.2 Å². The Morgan fingerprint density at radius 2 is 1.86 bits per heavy atom. The van der Waals surface area contributed by atoms with E-state index in [0.29, 0.717) is 6.42 Å². The third kappa shape index (κ3) is 4.83. The van der Waals surface area contributed by atoms with Crippen LogP contribution in [0.15, 0.2) is 59.5 Å². The average Bonchev–Trinajstić information content (AvgIpc) is 3.23. The van der Waals surface area contributed by atoms with Gasteiger partial charge in [-0.1, -0.05) is 60.2 Å². The van der Waals surface area contributed by atoms with Crippen LogP contribution in [0.2, 0.25) is 0 Å². The maximum absolute atomic E-state index is 13.5. The average molecular weight is 433 g/mol. The minimum atomic E-state index is -4.15. The molecule has 0 saturated carbocycles. The molecule has 1 saturated heterocycles. The molecule has 1 unspecified atom stereocenters. The van der Waals surface area contributed by atoms with Gasteiger partial charge in [0.25, 0.3) is 10.0 Å². The molecule has 0 aromatic heterocycles. The fourth-order valence-corrected chi connectivity index (χ4v) is 5.61. The lowest BCUT2D eigenvalue weighted by atomic mass is 10.1. The summed E-state index contributed by atoms with van der Waals surface area (Å²) in [7, 11) is -4.15. The Bertz CT molecular complexity index is 970. The van der Waals surface area contributed by atoms with E-state index >= 15 is 0 Å². The summed E-state index contributed by atoms with van der Waals surface area (Å²) >= 11 is 5.54. The van der Waals surface area contributed by atoms with Gasteiger partial charge in [0.2, 0.25) is 0 Å². The first-order valence-corrected chi connectivity index (χ1v) is 11.3. The maximum Gasteiger partial charge on any atom is 0.327 e. The topological polar surface area (TPSA) is 86.7 Å². The molecule has 0 amide bonds. The predicted molar refractivity (Wildman–Crippen MR) is 115 cm³/mol. The lowest BCUT2D eigenvalue weighted by Crippen LogP contribution is -2.53. The highest BCUT2D eigenvalue weighted by molar-refractivity contribution is 7.91. The molecule has 8 heteroatoms. The zero-order chi connectivity index (χ0) is 21.0. The standard InChI is InChI=1S/C21H24N2O4S2/c1-15-9-11-17(12-10-15)29(26,27)23(20(28)18-8-5-13-22-18)19(21(24)25)14-16-6-3-2-4-7-16/h2-4,6-7,9-12,18-19,22H,5,8,13-14H2,1H3,(H,24,25)/t18?,19-/m0/s1. The highest BCUT2D eigenvalue weighted by Crippen LogP contribution is 2.25. The summed E-state index contributed by atoms with van der Waals surface area (Å²) in [5.41, 5.74) is 1.64. The van der Waals surface area contributed by atoms with E-state index < -0.39 is 22.0 Å². The van der Waals surface area contributed by atoms with Gasteiger partial charge in [0.1, 0.15) is 11.0 Å². The van der Waals surface area contributed by atoms with Crippen LogP contribution in [0.4, 0.5) is 0 Å². The molecule has 1 fully saturated rings. The lowest BCUT2D eigenvalue weighted by Gasteiger charge is -2.33. The van der Waals surface area contributed by atoms with Crippen LogP contribution in [0.25, 0.3) is 0 Å². The number of thiocarbonyl (C=S) groups is 1. The Hall–Kier alpha value is -2.29. The van der Waals surface area contributed by atoms with Crippen molar-refractivity contribution in [3.63, 3.8) is 0 Å². The van der Waals surface area contributed by atoms with Crippen LogP contribution in [0, 0.1) is 6.92 Å². The fourth-order valence-electron chi connectivity index (χ4n) is 3.42. The predicted octanol–water partition coefficient (Wildman–Crippen LogP) is 2.76. The molecule has 2 atom stereocenters. The van der Waals surface area contributed by atoms with Crippen molar-refractivity contribution >= 4 is 33.2 Å². The van der Waals surface area contributed by atoms with Gasteiger partial charge in [0.05, 0.1) is 10.9 Å². The number of aliphatic carboxylic acids is 1. The van der Waals surface area contributed by atoms with Crippen molar-refractivity contribution in [3.05, 3.63) is 65.7 Å². The molecule has 6 nitrogen and oxygen atoms in total. The van der Waals surface area contributed by atoms with Gasteiger partial charge in [-0.25, -0.2) is 17.5 Å². The Balaban J connectivity index is 2.06. The summed E-state index contributed by atoms with van der Waals surface area (Å²) in [5.74, 6) is -1.23. The molecule has 2 aromatic rings. The molecule has 0 aliphatic carbocycles. The summed E-state index contributed by atoms with van der Waals surface area (Å²) < 4.78 is 28.0. The molecule has 0 spiro atoms. The third-order valence-corrected chi connectivity index (χ3v) is 7.43. The summed E-state index contributed by atoms with van der Waals surface area (Å²) in [6.45, 7) is 2.58. The Morgan fingerprint density at radius 1 is 1.21 bits per heavy atom. The number of carboxylic acids is 1. The van der Waals surface area contributed by atoms with Crippen molar-refractivity contribution in [1.29, 1.82) is 0 Å². The normalized spacial score (nSPS) is 17.6. The van der Waals surface area contributed by atoms with Crippen LogP contribution in [-0.4, -0.2) is 47.4 Å². The van der Waals surface area contributed by atoms with E-state index in [-0.39, 0.29) is 22.3 Å². The van der Waals surface area contributed by atoms with Crippen LogP contribution >= 0.6 is 12.2 Å². The molecule has 0 radical (unpaired) electrons. The van der Waals surface area contributed by atoms with Crippen molar-refractivity contribution in [1.82, 2.24) is 9.62 Å². The number of rotatable bonds is 7. The fraction of sp³-hybridized carbons (Fsp3) is 0.333. The van der Waals surface area contributed by atoms with Gasteiger partial charge in [-0.15, -0.1) is 0 Å². The Kier molecular flexibility index (Phi) is 6.66. The van der Waals surface area contributed by atoms with Crippen molar-refractivity contribution in [2.75, 3.05) is 6.54 Å². The summed E-state index contributed by atoms with van der Waals surface area (Å²) in [6.07, 6.45) is 1.56. The molecule has 2 N–H and O–H groups in total. The second-order valence-electron chi connectivity index (χ2n) is 7.14. The highest BCUT2D eigenvalue weighted by Gasteiger charge is 2.40. The number of aryl methyl sites for hydroxylation is 1. The van der Waals surface area contributed by atoms with E-state index in [1.54, 1.807) is 36.4 Å². The van der Waals surface area contributed by atoms with E-state index in [0.717, 1.165) is 28.4 Å². The number of nitrogens with zero attached hydrogens (tertiary/aromatic N) is 1. The van der Waals surface area contributed by atoms with Gasteiger partial charge < -0.3 is 10.4 Å². The van der Waals surface area contributed by atoms with Gasteiger partial charge >= 0.3 is 5.97 Å². The van der Waals surface area contributed by atoms with Crippen molar-refractivity contribution < 1.29 is 18.3 Å². The quantitative estimate of drug-likeness (QED) is 0.655. The van der Waals surface area contributed by atoms with Crippen LogP contribution in [0.5, 0.6) is 0 Å². The molecular weight excluding hydrogens is 408 g/mol. The van der Waals surface area contributed by atoms with Gasteiger partial charge in [-0.2, -0.15) is 0 Å². The number of hydrogen-bond donors (Lipinski definition) is 2. The number of benzene rings is 2. The number of nitrogens with one attached hydrogen (secondary N) is 1. The Labute approximate surface area is 176 Å². The van der Waals surface area contributed by atoms with Crippen LogP contribution in [0.3, 0.4) is 0 Å². The van der Waals surface area contributed by atoms with Gasteiger partial charge in [-0.05, 0) is 44.0 Å². The number of sulfonamides is 1. The number of carbonyl (C=O) groups is 1. The maximum atomic E-state index is 13.5. The Morgan fingerprint density at radius 3 is 2.41 bits per heavy atom. The van der Waals surface area contributed by atoms with Gasteiger partial charge in [0.15, 0.2) is 0 Å². The van der Waals surface area contributed by atoms with E-state index in [2.05, 4.69) is 5.32 Å². The second-order valence-corrected chi connectivity index (χ2v) is 9.38. The lowest BCUT2D eigenvalue weighted by molar-refractivity contribution is -0.140. The molecular formula is C21H24N2O4S2. The van der Waals surface area contributed by atoms with E-state index in [4.69, 9.17) is 12.2 Å². The van der Waals surface area contributed by atoms with Crippen LogP contribution in [0.1, 0.15) is 24.0 Å². The molecule has 154 valence electrons. The monoisotopic (exact) mass is 432 g/mol. The van der Waals surface area contributed by atoms with Crippen molar-refractivity contribution in [2.24, 2.45) is 0 Å². The molecule has 0 bridgehead atoms. The third-order valence-electron chi connectivity index (χ3n) is 4.99. The first kappa shape index (κ1) is 21.4. The smallest absolute Gasteiger partial charge is 0.327 e. The molecule has 29 heavy (non-hydrogen) atoms. The van der Waals surface area contributed by atoms with Crippen molar-refractivity contribution in [3.8, 4) is 0 Å². The largest absolute Gasteiger partial charge is 0.480 e. The van der Waals surface area contributed by atoms with Crippen molar-refractivity contribution in [2.45, 2.75) is 43.2 Å². The number of carboxylic acid groups (broad SMARTS) is 1. The molecule has 3 rings (SSSR count). The minimum Gasteiger partial charge on any atom is -0.480 e. The minimum absolute atomic E-state index is 0.0219. The molecule has 1 heterocycles. The summed E-state index contributed by atoms with van der Waals surface area (Å²) in [4.78, 5) is 12.3. The summed E-state index contributed by atoms with van der Waals surface area (Å²) in [5, 5.41) is 13.2. The zero-order valence-corrected chi connectivity index (χ0v) is 17.7.